The zero-order chi connectivity index (χ0) is 10.7. The van der Waals surface area contributed by atoms with Crippen LogP contribution < -0.4 is 11.1 Å². The molecule has 0 heterocycles. The minimum atomic E-state index is -0.900. The quantitative estimate of drug-likeness (QED) is 0.635. The van der Waals surface area contributed by atoms with Crippen molar-refractivity contribution in [2.24, 2.45) is 0 Å². The van der Waals surface area contributed by atoms with Crippen LogP contribution in [0.25, 0.3) is 0 Å². The van der Waals surface area contributed by atoms with Gasteiger partial charge in [0.1, 0.15) is 6.54 Å². The van der Waals surface area contributed by atoms with Gasteiger partial charge in [-0.1, -0.05) is 0 Å². The van der Waals surface area contributed by atoms with Crippen LogP contribution in [-0.4, -0.2) is 17.6 Å². The number of anilines is 2. The molecule has 0 aliphatic rings. The van der Waals surface area contributed by atoms with Crippen molar-refractivity contribution in [1.82, 2.24) is 0 Å². The first-order chi connectivity index (χ1) is 6.50. The molecule has 0 aliphatic carbocycles. The fraction of sp³-hybridized carbons (Fsp3) is 0.300. The lowest BCUT2D eigenvalue weighted by Gasteiger charge is -2.10. The molecule has 4 heteroatoms. The van der Waals surface area contributed by atoms with Crippen molar-refractivity contribution in [1.29, 1.82) is 0 Å². The third-order valence-corrected chi connectivity index (χ3v) is 2.10. The number of aliphatic carboxylic acids is 1. The zero-order valence-corrected chi connectivity index (χ0v) is 8.29. The lowest BCUT2D eigenvalue weighted by Crippen LogP contribution is -2.13. The maximum atomic E-state index is 10.3. The highest BCUT2D eigenvalue weighted by Crippen LogP contribution is 2.22. The van der Waals surface area contributed by atoms with Crippen molar-refractivity contribution < 1.29 is 9.90 Å². The normalized spacial score (nSPS) is 9.86. The van der Waals surface area contributed by atoms with Gasteiger partial charge >= 0.3 is 5.97 Å². The van der Waals surface area contributed by atoms with Gasteiger partial charge in [0, 0.05) is 0 Å². The van der Waals surface area contributed by atoms with Crippen molar-refractivity contribution in [3.8, 4) is 0 Å². The molecule has 0 amide bonds. The van der Waals surface area contributed by atoms with Gasteiger partial charge in [-0.15, -0.1) is 0 Å². The molecule has 0 saturated heterocycles. The second-order valence-electron chi connectivity index (χ2n) is 3.27. The molecule has 0 fully saturated rings. The minimum Gasteiger partial charge on any atom is -0.480 e. The standard InChI is InChI=1S/C10H14N2O2/c1-6-3-8(11)9(4-7(6)2)12-5-10(13)14/h3-4,12H,5,11H2,1-2H3,(H,13,14). The van der Waals surface area contributed by atoms with Gasteiger partial charge in [0.15, 0.2) is 0 Å². The molecule has 0 unspecified atom stereocenters. The van der Waals surface area contributed by atoms with Crippen molar-refractivity contribution in [2.75, 3.05) is 17.6 Å². The van der Waals surface area contributed by atoms with Gasteiger partial charge in [0.2, 0.25) is 0 Å². The summed E-state index contributed by atoms with van der Waals surface area (Å²) in [5.41, 5.74) is 9.17. The molecule has 4 N–H and O–H groups in total. The molecule has 0 aliphatic heterocycles. The maximum absolute atomic E-state index is 10.3. The number of hydrogen-bond acceptors (Lipinski definition) is 3. The summed E-state index contributed by atoms with van der Waals surface area (Å²) in [5.74, 6) is -0.900. The maximum Gasteiger partial charge on any atom is 0.322 e. The number of carbonyl (C=O) groups is 1. The Bertz CT molecular complexity index is 361. The van der Waals surface area contributed by atoms with Crippen molar-refractivity contribution in [3.63, 3.8) is 0 Å². The molecule has 4 nitrogen and oxygen atoms in total. The van der Waals surface area contributed by atoms with Gasteiger partial charge in [0.25, 0.3) is 0 Å². The van der Waals surface area contributed by atoms with Crippen LogP contribution in [0.15, 0.2) is 12.1 Å². The fourth-order valence-corrected chi connectivity index (χ4v) is 1.16. The van der Waals surface area contributed by atoms with Crippen LogP contribution in [0.5, 0.6) is 0 Å². The number of rotatable bonds is 3. The first kappa shape index (κ1) is 10.4. The number of nitrogen functional groups attached to an aromatic ring is 1. The molecular formula is C10H14N2O2. The molecule has 0 bridgehead atoms. The summed E-state index contributed by atoms with van der Waals surface area (Å²) in [6.45, 7) is 3.81. The smallest absolute Gasteiger partial charge is 0.322 e. The van der Waals surface area contributed by atoms with Gasteiger partial charge in [-0.05, 0) is 37.1 Å². The topological polar surface area (TPSA) is 75.3 Å². The Kier molecular flexibility index (Phi) is 2.96. The van der Waals surface area contributed by atoms with E-state index in [1.54, 1.807) is 0 Å². The molecule has 14 heavy (non-hydrogen) atoms. The van der Waals surface area contributed by atoms with Crippen LogP contribution in [0.2, 0.25) is 0 Å². The summed E-state index contributed by atoms with van der Waals surface area (Å²) in [6.07, 6.45) is 0. The summed E-state index contributed by atoms with van der Waals surface area (Å²) in [7, 11) is 0. The highest BCUT2D eigenvalue weighted by molar-refractivity contribution is 5.76. The molecule has 1 aromatic carbocycles. The van der Waals surface area contributed by atoms with E-state index in [4.69, 9.17) is 10.8 Å². The molecule has 76 valence electrons. The number of hydrogen-bond donors (Lipinski definition) is 3. The zero-order valence-electron chi connectivity index (χ0n) is 8.29. The van der Waals surface area contributed by atoms with Crippen LogP contribution in [0.1, 0.15) is 11.1 Å². The van der Waals surface area contributed by atoms with E-state index in [9.17, 15) is 4.79 Å². The molecule has 0 spiro atoms. The Labute approximate surface area is 82.7 Å². The fourth-order valence-electron chi connectivity index (χ4n) is 1.16. The van der Waals surface area contributed by atoms with E-state index in [0.717, 1.165) is 11.1 Å². The Balaban J connectivity index is 2.87. The molecule has 1 aromatic rings. The van der Waals surface area contributed by atoms with Gasteiger partial charge in [-0.3, -0.25) is 4.79 Å². The number of nitrogens with two attached hydrogens (primary N) is 1. The van der Waals surface area contributed by atoms with Crippen molar-refractivity contribution >= 4 is 17.3 Å². The highest BCUT2D eigenvalue weighted by Gasteiger charge is 2.03. The summed E-state index contributed by atoms with van der Waals surface area (Å²) in [5, 5.41) is 11.2. The monoisotopic (exact) mass is 194 g/mol. The SMILES string of the molecule is Cc1cc(N)c(NCC(=O)O)cc1C. The van der Waals surface area contributed by atoms with E-state index >= 15 is 0 Å². The van der Waals surface area contributed by atoms with Gasteiger partial charge in [-0.25, -0.2) is 0 Å². The number of carboxylic acid groups (broad SMARTS) is 1. The van der Waals surface area contributed by atoms with Crippen LogP contribution >= 0.6 is 0 Å². The summed E-state index contributed by atoms with van der Waals surface area (Å²) >= 11 is 0. The third-order valence-electron chi connectivity index (χ3n) is 2.10. The predicted octanol–water partition coefficient (Wildman–Crippen LogP) is 1.38. The van der Waals surface area contributed by atoms with Crippen molar-refractivity contribution in [3.05, 3.63) is 23.3 Å². The molecule has 0 aromatic heterocycles. The van der Waals surface area contributed by atoms with Gasteiger partial charge in [0.05, 0.1) is 11.4 Å². The highest BCUT2D eigenvalue weighted by atomic mass is 16.4. The second kappa shape index (κ2) is 4.00. The Morgan fingerprint density at radius 3 is 2.57 bits per heavy atom. The van der Waals surface area contributed by atoms with Gasteiger partial charge < -0.3 is 16.2 Å². The van der Waals surface area contributed by atoms with Crippen LogP contribution in [0.3, 0.4) is 0 Å². The number of aryl methyl sites for hydroxylation is 2. The summed E-state index contributed by atoms with van der Waals surface area (Å²) in [6, 6.07) is 3.69. The molecule has 0 atom stereocenters. The van der Waals surface area contributed by atoms with E-state index in [-0.39, 0.29) is 6.54 Å². The van der Waals surface area contributed by atoms with Gasteiger partial charge in [-0.2, -0.15) is 0 Å². The number of nitrogens with one attached hydrogen (secondary N) is 1. The van der Waals surface area contributed by atoms with E-state index in [2.05, 4.69) is 5.32 Å². The Hall–Kier alpha value is -1.71. The average molecular weight is 194 g/mol. The Morgan fingerprint density at radius 2 is 2.00 bits per heavy atom. The second-order valence-corrected chi connectivity index (χ2v) is 3.27. The minimum absolute atomic E-state index is 0.118. The summed E-state index contributed by atoms with van der Waals surface area (Å²) < 4.78 is 0. The van der Waals surface area contributed by atoms with E-state index in [1.807, 2.05) is 26.0 Å². The summed E-state index contributed by atoms with van der Waals surface area (Å²) in [4.78, 5) is 10.3. The van der Waals surface area contributed by atoms with Crippen molar-refractivity contribution in [2.45, 2.75) is 13.8 Å². The number of benzene rings is 1. The molecule has 0 saturated carbocycles. The van der Waals surface area contributed by atoms with Crippen LogP contribution in [0, 0.1) is 13.8 Å². The lowest BCUT2D eigenvalue weighted by molar-refractivity contribution is -0.134. The van der Waals surface area contributed by atoms with E-state index < -0.39 is 5.97 Å². The van der Waals surface area contributed by atoms with Crippen LogP contribution in [-0.2, 0) is 4.79 Å². The Morgan fingerprint density at radius 1 is 1.43 bits per heavy atom. The lowest BCUT2D eigenvalue weighted by atomic mass is 10.1. The van der Waals surface area contributed by atoms with E-state index in [0.29, 0.717) is 11.4 Å². The number of carboxylic acids is 1. The first-order valence-electron chi connectivity index (χ1n) is 4.33. The third kappa shape index (κ3) is 2.39. The van der Waals surface area contributed by atoms with Crippen LogP contribution in [0.4, 0.5) is 11.4 Å². The largest absolute Gasteiger partial charge is 0.480 e. The predicted molar refractivity (Wildman–Crippen MR) is 56.5 cm³/mol. The molecule has 1 rings (SSSR count). The molecule has 0 radical (unpaired) electrons. The molecular weight excluding hydrogens is 180 g/mol. The average Bonchev–Trinajstić information content (AvgIpc) is 2.09. The van der Waals surface area contributed by atoms with E-state index in [1.165, 1.54) is 0 Å². The first-order valence-corrected chi connectivity index (χ1v) is 4.33.